The molecule has 10 heteroatoms. The number of nitrogens with zero attached hydrogens (tertiary/aromatic N) is 1. The van der Waals surface area contributed by atoms with E-state index in [-0.39, 0.29) is 29.1 Å². The molecule has 21 heavy (non-hydrogen) atoms. The largest absolute Gasteiger partial charge is 0.340 e. The number of amides is 1. The van der Waals surface area contributed by atoms with Crippen LogP contribution in [0.4, 0.5) is 0 Å². The van der Waals surface area contributed by atoms with Crippen LogP contribution in [0.15, 0.2) is 16.3 Å². The summed E-state index contributed by atoms with van der Waals surface area (Å²) in [5.74, 6) is -0.208. The van der Waals surface area contributed by atoms with Gasteiger partial charge in [-0.15, -0.1) is 23.7 Å². The molecular weight excluding hydrogens is 357 g/mol. The van der Waals surface area contributed by atoms with E-state index in [1.807, 2.05) is 0 Å². The molecule has 1 aliphatic rings. The zero-order valence-electron chi connectivity index (χ0n) is 11.2. The fourth-order valence-corrected chi connectivity index (χ4v) is 4.38. The molecule has 1 aromatic rings. The smallest absolute Gasteiger partial charge is 0.250 e. The van der Waals surface area contributed by atoms with Gasteiger partial charge >= 0.3 is 0 Å². The Morgan fingerprint density at radius 3 is 2.81 bits per heavy atom. The van der Waals surface area contributed by atoms with E-state index in [1.165, 1.54) is 12.1 Å². The van der Waals surface area contributed by atoms with Crippen molar-refractivity contribution < 1.29 is 13.2 Å². The molecule has 1 aromatic heterocycles. The molecule has 0 radical (unpaired) electrons. The Morgan fingerprint density at radius 1 is 1.38 bits per heavy atom. The van der Waals surface area contributed by atoms with Crippen LogP contribution >= 0.6 is 35.3 Å². The number of rotatable bonds is 4. The van der Waals surface area contributed by atoms with E-state index in [9.17, 15) is 13.2 Å². The molecule has 6 nitrogen and oxygen atoms in total. The second-order valence-electron chi connectivity index (χ2n) is 4.37. The summed E-state index contributed by atoms with van der Waals surface area (Å²) < 4.78 is 26.8. The summed E-state index contributed by atoms with van der Waals surface area (Å²) in [7, 11) is -3.66. The number of halogens is 2. The Bertz CT molecular complexity index is 569. The maximum Gasteiger partial charge on any atom is 0.250 e. The summed E-state index contributed by atoms with van der Waals surface area (Å²) in [5.41, 5.74) is 0. The van der Waals surface area contributed by atoms with Gasteiger partial charge in [0.1, 0.15) is 4.21 Å². The zero-order chi connectivity index (χ0) is 14.6. The van der Waals surface area contributed by atoms with Crippen LogP contribution in [0.2, 0.25) is 4.34 Å². The van der Waals surface area contributed by atoms with Crippen LogP contribution in [0.3, 0.4) is 0 Å². The molecule has 0 aliphatic carbocycles. The first-order valence-corrected chi connectivity index (χ1v) is 8.90. The highest BCUT2D eigenvalue weighted by molar-refractivity contribution is 7.91. The van der Waals surface area contributed by atoms with Gasteiger partial charge in [-0.1, -0.05) is 11.6 Å². The molecule has 1 saturated heterocycles. The van der Waals surface area contributed by atoms with Gasteiger partial charge in [-0.25, -0.2) is 13.1 Å². The third kappa shape index (κ3) is 5.39. The Labute approximate surface area is 139 Å². The molecule has 1 fully saturated rings. The summed E-state index contributed by atoms with van der Waals surface area (Å²) in [4.78, 5) is 13.7. The van der Waals surface area contributed by atoms with Crippen molar-refractivity contribution in [1.29, 1.82) is 0 Å². The summed E-state index contributed by atoms with van der Waals surface area (Å²) in [6.07, 6.45) is 0.874. The first kappa shape index (κ1) is 18.7. The van der Waals surface area contributed by atoms with Gasteiger partial charge in [-0.3, -0.25) is 4.79 Å². The molecule has 2 N–H and O–H groups in total. The highest BCUT2D eigenvalue weighted by Crippen LogP contribution is 2.25. The lowest BCUT2D eigenvalue weighted by molar-refractivity contribution is -0.129. The average molecular weight is 374 g/mol. The average Bonchev–Trinajstić information content (AvgIpc) is 2.69. The number of thiophene rings is 1. The van der Waals surface area contributed by atoms with Gasteiger partial charge in [0.05, 0.1) is 10.9 Å². The predicted molar refractivity (Wildman–Crippen MR) is 85.8 cm³/mol. The van der Waals surface area contributed by atoms with Crippen molar-refractivity contribution >= 4 is 51.3 Å². The Morgan fingerprint density at radius 2 is 2.14 bits per heavy atom. The Kier molecular flexibility index (Phi) is 7.38. The van der Waals surface area contributed by atoms with Crippen molar-refractivity contribution in [3.8, 4) is 0 Å². The van der Waals surface area contributed by atoms with Crippen LogP contribution in [0.5, 0.6) is 0 Å². The van der Waals surface area contributed by atoms with Crippen LogP contribution in [0.25, 0.3) is 0 Å². The fraction of sp³-hybridized carbons (Fsp3) is 0.545. The Hall–Kier alpha value is -0.380. The number of sulfonamides is 1. The predicted octanol–water partition coefficient (Wildman–Crippen LogP) is 0.923. The van der Waals surface area contributed by atoms with Crippen molar-refractivity contribution in [3.05, 3.63) is 16.5 Å². The number of hydrogen-bond donors (Lipinski definition) is 2. The molecule has 0 bridgehead atoms. The molecule has 0 spiro atoms. The molecule has 1 amide bonds. The van der Waals surface area contributed by atoms with Crippen LogP contribution in [-0.2, 0) is 14.8 Å². The normalized spacial score (nSPS) is 16.1. The molecule has 0 atom stereocenters. The molecule has 0 saturated carbocycles. The maximum absolute atomic E-state index is 12.0. The van der Waals surface area contributed by atoms with E-state index in [4.69, 9.17) is 11.6 Å². The van der Waals surface area contributed by atoms with Crippen LogP contribution in [0, 0.1) is 0 Å². The molecular formula is C11H17Cl2N3O3S2. The van der Waals surface area contributed by atoms with Gasteiger partial charge < -0.3 is 10.2 Å². The Balaban J connectivity index is 0.00000220. The van der Waals surface area contributed by atoms with E-state index < -0.39 is 10.0 Å². The lowest BCUT2D eigenvalue weighted by atomic mass is 10.4. The molecule has 0 aromatic carbocycles. The minimum Gasteiger partial charge on any atom is -0.340 e. The second kappa shape index (κ2) is 8.30. The summed E-state index contributed by atoms with van der Waals surface area (Å²) in [5, 5.41) is 3.19. The summed E-state index contributed by atoms with van der Waals surface area (Å²) >= 11 is 6.68. The van der Waals surface area contributed by atoms with Gasteiger partial charge in [0.15, 0.2) is 0 Å². The fourth-order valence-electron chi connectivity index (χ4n) is 1.88. The number of hydrogen-bond acceptors (Lipinski definition) is 5. The summed E-state index contributed by atoms with van der Waals surface area (Å²) in [6, 6.07) is 2.94. The van der Waals surface area contributed by atoms with Crippen molar-refractivity contribution in [1.82, 2.24) is 14.9 Å². The standard InChI is InChI=1S/C11H16ClN3O3S2.ClH/c12-9-2-3-11(19-9)20(17,18)14-8-10(16)15-6-1-4-13-5-7-15;/h2-3,13-14H,1,4-8H2;1H. The van der Waals surface area contributed by atoms with Crippen molar-refractivity contribution in [2.45, 2.75) is 10.6 Å². The summed E-state index contributed by atoms with van der Waals surface area (Å²) in [6.45, 7) is 2.64. The number of carbonyl (C=O) groups is 1. The monoisotopic (exact) mass is 373 g/mol. The van der Waals surface area contributed by atoms with E-state index in [2.05, 4.69) is 10.0 Å². The maximum atomic E-state index is 12.0. The SMILES string of the molecule is Cl.O=C(CNS(=O)(=O)c1ccc(Cl)s1)N1CCCNCC1. The van der Waals surface area contributed by atoms with Crippen molar-refractivity contribution in [2.24, 2.45) is 0 Å². The second-order valence-corrected chi connectivity index (χ2v) is 8.08. The van der Waals surface area contributed by atoms with Crippen LogP contribution < -0.4 is 10.0 Å². The lowest BCUT2D eigenvalue weighted by Crippen LogP contribution is -2.41. The minimum atomic E-state index is -3.66. The molecule has 0 unspecified atom stereocenters. The van der Waals surface area contributed by atoms with E-state index in [1.54, 1.807) is 4.90 Å². The first-order valence-electron chi connectivity index (χ1n) is 6.22. The van der Waals surface area contributed by atoms with E-state index in [0.717, 1.165) is 30.8 Å². The van der Waals surface area contributed by atoms with Gasteiger partial charge in [-0.05, 0) is 25.1 Å². The van der Waals surface area contributed by atoms with Crippen molar-refractivity contribution in [3.63, 3.8) is 0 Å². The van der Waals surface area contributed by atoms with E-state index in [0.29, 0.717) is 17.4 Å². The van der Waals surface area contributed by atoms with Gasteiger partial charge in [0.25, 0.3) is 10.0 Å². The third-order valence-corrected chi connectivity index (χ3v) is 6.04. The topological polar surface area (TPSA) is 78.5 Å². The van der Waals surface area contributed by atoms with Gasteiger partial charge in [-0.2, -0.15) is 0 Å². The third-order valence-electron chi connectivity index (χ3n) is 2.92. The minimum absolute atomic E-state index is 0. The van der Waals surface area contributed by atoms with Gasteiger partial charge in [0.2, 0.25) is 5.91 Å². The van der Waals surface area contributed by atoms with Crippen LogP contribution in [0.1, 0.15) is 6.42 Å². The van der Waals surface area contributed by atoms with Crippen molar-refractivity contribution in [2.75, 3.05) is 32.7 Å². The highest BCUT2D eigenvalue weighted by atomic mass is 35.5. The van der Waals surface area contributed by atoms with E-state index >= 15 is 0 Å². The highest BCUT2D eigenvalue weighted by Gasteiger charge is 2.20. The molecule has 2 heterocycles. The molecule has 1 aliphatic heterocycles. The first-order chi connectivity index (χ1) is 9.49. The molecule has 2 rings (SSSR count). The zero-order valence-corrected chi connectivity index (χ0v) is 14.4. The lowest BCUT2D eigenvalue weighted by Gasteiger charge is -2.19. The van der Waals surface area contributed by atoms with Gasteiger partial charge in [0, 0.05) is 19.6 Å². The number of carbonyl (C=O) groups excluding carboxylic acids is 1. The number of nitrogens with one attached hydrogen (secondary N) is 2. The molecule has 120 valence electrons. The van der Waals surface area contributed by atoms with Crippen LogP contribution in [-0.4, -0.2) is 51.9 Å². The quantitative estimate of drug-likeness (QED) is 0.822.